The molecule has 0 radical (unpaired) electrons. The number of nitrogens with one attached hydrogen (secondary N) is 2. The third kappa shape index (κ3) is 4.85. The number of halogens is 3. The normalized spacial score (nSPS) is 15.1. The summed E-state index contributed by atoms with van der Waals surface area (Å²) in [5.74, 6) is -0.408. The molecule has 5 rings (SSSR count). The zero-order valence-corrected chi connectivity index (χ0v) is 19.0. The summed E-state index contributed by atoms with van der Waals surface area (Å²) in [6, 6.07) is 15.9. The number of alkyl halides is 3. The number of fused-ring (bicyclic) bond motifs is 2. The Kier molecular flexibility index (Phi) is 6.40. The summed E-state index contributed by atoms with van der Waals surface area (Å²) in [4.78, 5) is 19.4. The summed E-state index contributed by atoms with van der Waals surface area (Å²) in [6.07, 6.45) is -4.71. The molecule has 1 amide bonds. The van der Waals surface area contributed by atoms with Gasteiger partial charge in [0.15, 0.2) is 11.3 Å². The Morgan fingerprint density at radius 3 is 2.49 bits per heavy atom. The van der Waals surface area contributed by atoms with Crippen molar-refractivity contribution in [2.45, 2.75) is 12.7 Å². The number of aromatic nitrogens is 3. The maximum atomic E-state index is 14.2. The van der Waals surface area contributed by atoms with E-state index in [2.05, 4.69) is 25.6 Å². The number of para-hydroxylation sites is 1. The molecule has 0 saturated carbocycles. The Hall–Kier alpha value is -3.50. The Morgan fingerprint density at radius 1 is 1.03 bits per heavy atom. The van der Waals surface area contributed by atoms with Crippen LogP contribution in [0, 0.1) is 0 Å². The highest BCUT2D eigenvalue weighted by Crippen LogP contribution is 2.41. The van der Waals surface area contributed by atoms with E-state index < -0.39 is 17.8 Å². The van der Waals surface area contributed by atoms with E-state index in [0.29, 0.717) is 35.1 Å². The van der Waals surface area contributed by atoms with E-state index in [0.717, 1.165) is 30.9 Å². The van der Waals surface area contributed by atoms with Crippen molar-refractivity contribution < 1.29 is 18.0 Å². The average molecular weight is 483 g/mol. The fourth-order valence-electron chi connectivity index (χ4n) is 4.52. The number of hydrogen-bond donors (Lipinski definition) is 2. The molecule has 0 atom stereocenters. The van der Waals surface area contributed by atoms with Crippen molar-refractivity contribution in [3.05, 3.63) is 60.3 Å². The van der Waals surface area contributed by atoms with E-state index in [-0.39, 0.29) is 17.6 Å². The monoisotopic (exact) mass is 482 g/mol. The van der Waals surface area contributed by atoms with Crippen molar-refractivity contribution in [1.82, 2.24) is 30.3 Å². The van der Waals surface area contributed by atoms with Crippen molar-refractivity contribution in [3.8, 4) is 11.1 Å². The van der Waals surface area contributed by atoms with Gasteiger partial charge in [-0.1, -0.05) is 48.5 Å². The van der Waals surface area contributed by atoms with Crippen molar-refractivity contribution in [2.75, 3.05) is 39.3 Å². The molecule has 7 nitrogen and oxygen atoms in total. The fraction of sp³-hybridized carbons (Fsp3) is 0.320. The van der Waals surface area contributed by atoms with E-state index in [1.807, 2.05) is 6.07 Å². The quantitative estimate of drug-likeness (QED) is 0.441. The number of carbonyl (C=O) groups excluding carboxylic acids is 1. The lowest BCUT2D eigenvalue weighted by molar-refractivity contribution is -0.140. The van der Waals surface area contributed by atoms with Crippen LogP contribution in [0.15, 0.2) is 54.6 Å². The maximum absolute atomic E-state index is 14.2. The summed E-state index contributed by atoms with van der Waals surface area (Å²) in [6.45, 7) is 4.33. The second-order valence-electron chi connectivity index (χ2n) is 8.51. The Bertz CT molecular complexity index is 1350. The topological polar surface area (TPSA) is 75.1 Å². The number of nitrogens with zero attached hydrogens (tertiary/aromatic N) is 4. The first-order chi connectivity index (χ1) is 16.9. The summed E-state index contributed by atoms with van der Waals surface area (Å²) < 4.78 is 43.5. The first kappa shape index (κ1) is 23.3. The Balaban J connectivity index is 1.54. The smallest absolute Gasteiger partial charge is 0.353 e. The fourth-order valence-corrected chi connectivity index (χ4v) is 4.52. The van der Waals surface area contributed by atoms with Crippen molar-refractivity contribution >= 4 is 27.8 Å². The second-order valence-corrected chi connectivity index (χ2v) is 8.51. The van der Waals surface area contributed by atoms with Crippen molar-refractivity contribution in [1.29, 1.82) is 0 Å². The summed E-state index contributed by atoms with van der Waals surface area (Å²) in [5.41, 5.74) is 0.559. The molecular formula is C25H25F3N6O. The van der Waals surface area contributed by atoms with E-state index >= 15 is 0 Å². The van der Waals surface area contributed by atoms with Crippen LogP contribution in [0.3, 0.4) is 0 Å². The minimum atomic E-state index is -4.71. The molecular weight excluding hydrogens is 457 g/mol. The van der Waals surface area contributed by atoms with Crippen LogP contribution in [-0.4, -0.2) is 64.8 Å². The summed E-state index contributed by atoms with van der Waals surface area (Å²) >= 11 is 0. The lowest BCUT2D eigenvalue weighted by atomic mass is 9.97. The van der Waals surface area contributed by atoms with Crippen molar-refractivity contribution in [2.24, 2.45) is 0 Å². The van der Waals surface area contributed by atoms with Gasteiger partial charge in [-0.2, -0.15) is 18.3 Å². The first-order valence-corrected chi connectivity index (χ1v) is 11.5. The zero-order chi connectivity index (χ0) is 24.4. The molecule has 2 aromatic carbocycles. The molecule has 10 heteroatoms. The van der Waals surface area contributed by atoms with Gasteiger partial charge >= 0.3 is 6.18 Å². The number of pyridine rings is 1. The molecule has 0 bridgehead atoms. The highest BCUT2D eigenvalue weighted by atomic mass is 19.4. The average Bonchev–Trinajstić information content (AvgIpc) is 3.22. The minimum absolute atomic E-state index is 0.0344. The van der Waals surface area contributed by atoms with Gasteiger partial charge in [-0.05, 0) is 11.6 Å². The van der Waals surface area contributed by atoms with Gasteiger partial charge in [0.05, 0.1) is 10.9 Å². The van der Waals surface area contributed by atoms with Gasteiger partial charge in [0.1, 0.15) is 6.54 Å². The number of piperazine rings is 1. The molecule has 35 heavy (non-hydrogen) atoms. The standard InChI is InChI=1S/C25H25F3N6O/c26-25(27,28)23-22-21(17-6-2-1-3-7-17)18-8-4-5-9-19(18)31-24(22)34(32-23)16-20(35)30-12-15-33-13-10-29-11-14-33/h1-9,29H,10-16H2,(H,30,35). The van der Waals surface area contributed by atoms with Crippen LogP contribution < -0.4 is 10.6 Å². The highest BCUT2D eigenvalue weighted by molar-refractivity contribution is 6.10. The van der Waals surface area contributed by atoms with Gasteiger partial charge in [-0.15, -0.1) is 0 Å². The van der Waals surface area contributed by atoms with Crippen LogP contribution in [0.1, 0.15) is 5.69 Å². The number of benzene rings is 2. The molecule has 3 heterocycles. The van der Waals surface area contributed by atoms with Crippen LogP contribution in [0.5, 0.6) is 0 Å². The first-order valence-electron chi connectivity index (χ1n) is 11.5. The van der Waals surface area contributed by atoms with E-state index in [1.165, 1.54) is 0 Å². The third-order valence-corrected chi connectivity index (χ3v) is 6.16. The zero-order valence-electron chi connectivity index (χ0n) is 19.0. The predicted molar refractivity (Wildman–Crippen MR) is 128 cm³/mol. The van der Waals surface area contributed by atoms with Gasteiger partial charge in [-0.25, -0.2) is 9.67 Å². The van der Waals surface area contributed by atoms with Crippen LogP contribution in [0.4, 0.5) is 13.2 Å². The molecule has 2 aromatic heterocycles. The van der Waals surface area contributed by atoms with Gasteiger partial charge in [0.2, 0.25) is 5.91 Å². The van der Waals surface area contributed by atoms with Crippen LogP contribution in [-0.2, 0) is 17.5 Å². The lowest BCUT2D eigenvalue weighted by Crippen LogP contribution is -2.46. The summed E-state index contributed by atoms with van der Waals surface area (Å²) in [5, 5.41) is 10.4. The second kappa shape index (κ2) is 9.63. The molecule has 182 valence electrons. The predicted octanol–water partition coefficient (Wildman–Crippen LogP) is 3.29. The van der Waals surface area contributed by atoms with Crippen LogP contribution in [0.25, 0.3) is 33.1 Å². The molecule has 0 aliphatic carbocycles. The van der Waals surface area contributed by atoms with Gasteiger partial charge in [-0.3, -0.25) is 9.69 Å². The number of amides is 1. The van der Waals surface area contributed by atoms with Crippen LogP contribution >= 0.6 is 0 Å². The molecule has 0 unspecified atom stereocenters. The SMILES string of the molecule is O=C(Cn1nc(C(F)(F)F)c2c(-c3ccccc3)c3ccccc3nc21)NCCN1CCNCC1. The Morgan fingerprint density at radius 2 is 1.74 bits per heavy atom. The largest absolute Gasteiger partial charge is 0.435 e. The molecule has 4 aromatic rings. The van der Waals surface area contributed by atoms with E-state index in [9.17, 15) is 18.0 Å². The van der Waals surface area contributed by atoms with E-state index in [4.69, 9.17) is 0 Å². The van der Waals surface area contributed by atoms with Gasteiger partial charge in [0.25, 0.3) is 0 Å². The van der Waals surface area contributed by atoms with Crippen LogP contribution in [0.2, 0.25) is 0 Å². The van der Waals surface area contributed by atoms with Gasteiger partial charge < -0.3 is 10.6 Å². The number of hydrogen-bond acceptors (Lipinski definition) is 5. The van der Waals surface area contributed by atoms with Crippen molar-refractivity contribution in [3.63, 3.8) is 0 Å². The molecule has 1 aliphatic rings. The number of carbonyl (C=O) groups is 1. The molecule has 1 fully saturated rings. The Labute approximate surface area is 199 Å². The van der Waals surface area contributed by atoms with E-state index in [1.54, 1.807) is 48.5 Å². The molecule has 1 aliphatic heterocycles. The number of rotatable bonds is 6. The summed E-state index contributed by atoms with van der Waals surface area (Å²) in [7, 11) is 0. The lowest BCUT2D eigenvalue weighted by Gasteiger charge is -2.27. The molecule has 2 N–H and O–H groups in total. The van der Waals surface area contributed by atoms with Gasteiger partial charge in [0, 0.05) is 50.2 Å². The molecule has 0 spiro atoms. The third-order valence-electron chi connectivity index (χ3n) is 6.16. The molecule has 1 saturated heterocycles. The highest BCUT2D eigenvalue weighted by Gasteiger charge is 2.39. The maximum Gasteiger partial charge on any atom is 0.435 e. The minimum Gasteiger partial charge on any atom is -0.353 e.